The lowest BCUT2D eigenvalue weighted by molar-refractivity contribution is -0.00314. The van der Waals surface area contributed by atoms with Crippen LogP contribution >= 0.6 is 0 Å². The molecule has 1 aliphatic rings. The molecule has 1 aliphatic carbocycles. The van der Waals surface area contributed by atoms with Crippen molar-refractivity contribution < 1.29 is 4.74 Å². The summed E-state index contributed by atoms with van der Waals surface area (Å²) >= 11 is 0. The third-order valence-electron chi connectivity index (χ3n) is 3.72. The molecule has 0 radical (unpaired) electrons. The van der Waals surface area contributed by atoms with Gasteiger partial charge in [0, 0.05) is 25.5 Å². The zero-order chi connectivity index (χ0) is 12.6. The molecule has 18 heavy (non-hydrogen) atoms. The quantitative estimate of drug-likeness (QED) is 0.754. The van der Waals surface area contributed by atoms with E-state index in [0.29, 0.717) is 6.10 Å². The van der Waals surface area contributed by atoms with Gasteiger partial charge in [0.2, 0.25) is 0 Å². The minimum atomic E-state index is 0.492. The van der Waals surface area contributed by atoms with Crippen molar-refractivity contribution in [2.24, 2.45) is 5.92 Å². The molecule has 1 aromatic rings. The van der Waals surface area contributed by atoms with E-state index in [4.69, 9.17) is 4.74 Å². The molecule has 0 unspecified atom stereocenters. The average molecular weight is 251 g/mol. The Bertz CT molecular complexity index is 313. The topological polar surface area (TPSA) is 39.1 Å². The predicted molar refractivity (Wildman–Crippen MR) is 72.5 cm³/mol. The fourth-order valence-corrected chi connectivity index (χ4v) is 2.56. The molecular weight excluding hydrogens is 226 g/mol. The van der Waals surface area contributed by atoms with Crippen molar-refractivity contribution in [2.75, 3.05) is 19.7 Å². The number of hydrogen-bond acceptors (Lipinski definition) is 3. The van der Waals surface area contributed by atoms with Gasteiger partial charge in [-0.15, -0.1) is 0 Å². The van der Waals surface area contributed by atoms with Gasteiger partial charge in [0.05, 0.1) is 19.3 Å². The molecule has 1 heterocycles. The molecule has 4 nitrogen and oxygen atoms in total. The lowest BCUT2D eigenvalue weighted by atomic mass is 9.88. The fourth-order valence-electron chi connectivity index (χ4n) is 2.56. The molecule has 1 fully saturated rings. The van der Waals surface area contributed by atoms with Gasteiger partial charge in [0.25, 0.3) is 0 Å². The van der Waals surface area contributed by atoms with Gasteiger partial charge in [0.15, 0.2) is 0 Å². The Kier molecular flexibility index (Phi) is 5.68. The van der Waals surface area contributed by atoms with Gasteiger partial charge < -0.3 is 10.1 Å². The van der Waals surface area contributed by atoms with E-state index in [1.807, 2.05) is 23.1 Å². The molecule has 1 N–H and O–H groups in total. The van der Waals surface area contributed by atoms with Crippen LogP contribution in [0.4, 0.5) is 0 Å². The Labute approximate surface area is 110 Å². The van der Waals surface area contributed by atoms with Crippen LogP contribution in [-0.4, -0.2) is 35.6 Å². The molecule has 102 valence electrons. The Balaban J connectivity index is 1.48. The van der Waals surface area contributed by atoms with Crippen LogP contribution in [0.15, 0.2) is 18.5 Å². The smallest absolute Gasteiger partial charge is 0.0601 e. The standard InChI is InChI=1S/C14H25N3O/c1-13-5-2-3-6-14(13)18-12-9-15-8-11-17-10-4-7-16-17/h4,7,10,13-15H,2-3,5-6,8-9,11-12H2,1H3/t13-,14+/m1/s1. The lowest BCUT2D eigenvalue weighted by Crippen LogP contribution is -2.30. The van der Waals surface area contributed by atoms with E-state index in [2.05, 4.69) is 17.3 Å². The van der Waals surface area contributed by atoms with Gasteiger partial charge in [-0.3, -0.25) is 4.68 Å². The number of rotatable bonds is 7. The summed E-state index contributed by atoms with van der Waals surface area (Å²) in [5, 5.41) is 7.56. The van der Waals surface area contributed by atoms with E-state index >= 15 is 0 Å². The van der Waals surface area contributed by atoms with Crippen molar-refractivity contribution in [2.45, 2.75) is 45.3 Å². The highest BCUT2D eigenvalue weighted by Crippen LogP contribution is 2.25. The van der Waals surface area contributed by atoms with Crippen LogP contribution in [0.25, 0.3) is 0 Å². The Hall–Kier alpha value is -0.870. The normalized spacial score (nSPS) is 24.3. The molecule has 0 aromatic carbocycles. The van der Waals surface area contributed by atoms with Gasteiger partial charge in [0.1, 0.15) is 0 Å². The summed E-state index contributed by atoms with van der Waals surface area (Å²) in [7, 11) is 0. The van der Waals surface area contributed by atoms with Gasteiger partial charge in [-0.05, 0) is 24.8 Å². The molecule has 0 aliphatic heterocycles. The minimum absolute atomic E-state index is 0.492. The van der Waals surface area contributed by atoms with Gasteiger partial charge in [-0.1, -0.05) is 19.8 Å². The molecule has 2 rings (SSSR count). The molecule has 0 spiro atoms. The van der Waals surface area contributed by atoms with Crippen LogP contribution in [0.5, 0.6) is 0 Å². The van der Waals surface area contributed by atoms with Crippen LogP contribution < -0.4 is 5.32 Å². The van der Waals surface area contributed by atoms with Crippen LogP contribution in [0.2, 0.25) is 0 Å². The largest absolute Gasteiger partial charge is 0.377 e. The van der Waals surface area contributed by atoms with Gasteiger partial charge >= 0.3 is 0 Å². The van der Waals surface area contributed by atoms with Crippen molar-refractivity contribution in [3.05, 3.63) is 18.5 Å². The molecule has 0 saturated heterocycles. The molecular formula is C14H25N3O. The summed E-state index contributed by atoms with van der Waals surface area (Å²) < 4.78 is 7.89. The maximum Gasteiger partial charge on any atom is 0.0601 e. The summed E-state index contributed by atoms with van der Waals surface area (Å²) in [6.45, 7) is 5.95. The SMILES string of the molecule is C[C@@H]1CCCC[C@@H]1OCCNCCn1cccn1. The van der Waals surface area contributed by atoms with E-state index < -0.39 is 0 Å². The van der Waals surface area contributed by atoms with E-state index in [-0.39, 0.29) is 0 Å². The maximum atomic E-state index is 5.95. The number of aromatic nitrogens is 2. The summed E-state index contributed by atoms with van der Waals surface area (Å²) in [5.74, 6) is 0.739. The van der Waals surface area contributed by atoms with Crippen molar-refractivity contribution in [3.8, 4) is 0 Å². The summed E-state index contributed by atoms with van der Waals surface area (Å²) in [6.07, 6.45) is 9.58. The summed E-state index contributed by atoms with van der Waals surface area (Å²) in [5.41, 5.74) is 0. The Morgan fingerprint density at radius 1 is 1.33 bits per heavy atom. The second kappa shape index (κ2) is 7.54. The first-order valence-electron chi connectivity index (χ1n) is 7.16. The second-order valence-corrected chi connectivity index (χ2v) is 5.19. The Morgan fingerprint density at radius 3 is 3.00 bits per heavy atom. The third kappa shape index (κ3) is 4.42. The summed E-state index contributed by atoms with van der Waals surface area (Å²) in [4.78, 5) is 0. The highest BCUT2D eigenvalue weighted by molar-refractivity contribution is 4.77. The van der Waals surface area contributed by atoms with Crippen LogP contribution in [0.3, 0.4) is 0 Å². The van der Waals surface area contributed by atoms with E-state index in [1.54, 1.807) is 0 Å². The molecule has 1 saturated carbocycles. The Morgan fingerprint density at radius 2 is 2.22 bits per heavy atom. The molecule has 4 heteroatoms. The number of nitrogens with one attached hydrogen (secondary N) is 1. The average Bonchev–Trinajstić information content (AvgIpc) is 2.89. The van der Waals surface area contributed by atoms with E-state index in [9.17, 15) is 0 Å². The summed E-state index contributed by atoms with van der Waals surface area (Å²) in [6, 6.07) is 1.95. The minimum Gasteiger partial charge on any atom is -0.377 e. The van der Waals surface area contributed by atoms with Crippen molar-refractivity contribution in [1.82, 2.24) is 15.1 Å². The van der Waals surface area contributed by atoms with Crippen LogP contribution in [0, 0.1) is 5.92 Å². The second-order valence-electron chi connectivity index (χ2n) is 5.19. The highest BCUT2D eigenvalue weighted by Gasteiger charge is 2.21. The fraction of sp³-hybridized carbons (Fsp3) is 0.786. The number of ether oxygens (including phenoxy) is 1. The van der Waals surface area contributed by atoms with Gasteiger partial charge in [-0.2, -0.15) is 5.10 Å². The molecule has 0 bridgehead atoms. The van der Waals surface area contributed by atoms with Crippen molar-refractivity contribution >= 4 is 0 Å². The van der Waals surface area contributed by atoms with Gasteiger partial charge in [-0.25, -0.2) is 0 Å². The van der Waals surface area contributed by atoms with Crippen molar-refractivity contribution in [3.63, 3.8) is 0 Å². The first-order chi connectivity index (χ1) is 8.86. The number of nitrogens with zero attached hydrogens (tertiary/aromatic N) is 2. The van der Waals surface area contributed by atoms with Crippen LogP contribution in [-0.2, 0) is 11.3 Å². The monoisotopic (exact) mass is 251 g/mol. The first-order valence-corrected chi connectivity index (χ1v) is 7.16. The van der Waals surface area contributed by atoms with E-state index in [1.165, 1.54) is 25.7 Å². The number of hydrogen-bond donors (Lipinski definition) is 1. The molecule has 2 atom stereocenters. The third-order valence-corrected chi connectivity index (χ3v) is 3.72. The molecule has 0 amide bonds. The molecule has 1 aromatic heterocycles. The predicted octanol–water partition coefficient (Wildman–Crippen LogP) is 2.07. The zero-order valence-corrected chi connectivity index (χ0v) is 11.3. The van der Waals surface area contributed by atoms with Crippen molar-refractivity contribution in [1.29, 1.82) is 0 Å². The maximum absolute atomic E-state index is 5.95. The highest BCUT2D eigenvalue weighted by atomic mass is 16.5. The zero-order valence-electron chi connectivity index (χ0n) is 11.3. The van der Waals surface area contributed by atoms with E-state index in [0.717, 1.165) is 32.2 Å². The van der Waals surface area contributed by atoms with Crippen LogP contribution in [0.1, 0.15) is 32.6 Å². The first kappa shape index (κ1) is 13.6. The lowest BCUT2D eigenvalue weighted by Gasteiger charge is -2.28.